The molecule has 0 spiro atoms. The zero-order valence-electron chi connectivity index (χ0n) is 11.4. The second-order valence-electron chi connectivity index (χ2n) is 4.54. The molecule has 0 aliphatic carbocycles. The molecule has 20 heavy (non-hydrogen) atoms. The lowest BCUT2D eigenvalue weighted by Gasteiger charge is -2.33. The maximum atomic E-state index is 6.38. The van der Waals surface area contributed by atoms with Gasteiger partial charge in [-0.25, -0.2) is 0 Å². The SMILES string of the molecule is CCN(c1ccccc1)C(CN)c1ccc(Br)cc1Cl. The molecule has 1 unspecified atom stereocenters. The molecule has 2 aromatic rings. The molecule has 2 nitrogen and oxygen atoms in total. The second-order valence-corrected chi connectivity index (χ2v) is 5.86. The van der Waals surface area contributed by atoms with Crippen LogP contribution in [0, 0.1) is 0 Å². The molecule has 0 amide bonds. The van der Waals surface area contributed by atoms with Crippen molar-refractivity contribution in [1.82, 2.24) is 0 Å². The Labute approximate surface area is 133 Å². The Balaban J connectivity index is 2.39. The Morgan fingerprint density at radius 2 is 1.90 bits per heavy atom. The molecule has 0 aromatic heterocycles. The lowest BCUT2D eigenvalue weighted by molar-refractivity contribution is 0.643. The van der Waals surface area contributed by atoms with Gasteiger partial charge in [0.25, 0.3) is 0 Å². The van der Waals surface area contributed by atoms with Crippen molar-refractivity contribution in [2.75, 3.05) is 18.0 Å². The molecule has 0 aliphatic heterocycles. The Kier molecular flexibility index (Phi) is 5.46. The second kappa shape index (κ2) is 7.11. The number of benzene rings is 2. The maximum absolute atomic E-state index is 6.38. The van der Waals surface area contributed by atoms with E-state index in [9.17, 15) is 0 Å². The van der Waals surface area contributed by atoms with Crippen LogP contribution in [0.4, 0.5) is 5.69 Å². The van der Waals surface area contributed by atoms with Crippen LogP contribution in [0.5, 0.6) is 0 Å². The van der Waals surface area contributed by atoms with Gasteiger partial charge in [-0.05, 0) is 36.8 Å². The van der Waals surface area contributed by atoms with E-state index in [1.165, 1.54) is 0 Å². The standard InChI is InChI=1S/C16H18BrClN2/c1-2-20(13-6-4-3-5-7-13)16(11-19)14-9-8-12(17)10-15(14)18/h3-10,16H,2,11,19H2,1H3. The summed E-state index contributed by atoms with van der Waals surface area (Å²) < 4.78 is 0.977. The largest absolute Gasteiger partial charge is 0.363 e. The van der Waals surface area contributed by atoms with Crippen molar-refractivity contribution in [3.05, 3.63) is 63.6 Å². The van der Waals surface area contributed by atoms with E-state index < -0.39 is 0 Å². The lowest BCUT2D eigenvalue weighted by Crippen LogP contribution is -2.33. The average molecular weight is 354 g/mol. The number of hydrogen-bond acceptors (Lipinski definition) is 2. The summed E-state index contributed by atoms with van der Waals surface area (Å²) in [7, 11) is 0. The zero-order chi connectivity index (χ0) is 14.5. The molecule has 4 heteroatoms. The molecular weight excluding hydrogens is 336 g/mol. The van der Waals surface area contributed by atoms with Crippen LogP contribution in [0.3, 0.4) is 0 Å². The van der Waals surface area contributed by atoms with Crippen LogP contribution in [-0.4, -0.2) is 13.1 Å². The molecular formula is C16H18BrClN2. The average Bonchev–Trinajstić information content (AvgIpc) is 2.46. The van der Waals surface area contributed by atoms with Crippen LogP contribution in [0.25, 0.3) is 0 Å². The minimum Gasteiger partial charge on any atom is -0.363 e. The molecule has 0 bridgehead atoms. The number of anilines is 1. The number of halogens is 2. The topological polar surface area (TPSA) is 29.3 Å². The van der Waals surface area contributed by atoms with Gasteiger partial charge in [-0.3, -0.25) is 0 Å². The fraction of sp³-hybridized carbons (Fsp3) is 0.250. The van der Waals surface area contributed by atoms with Crippen LogP contribution in [0.15, 0.2) is 53.0 Å². The summed E-state index contributed by atoms with van der Waals surface area (Å²) in [4.78, 5) is 2.27. The fourth-order valence-electron chi connectivity index (χ4n) is 2.40. The monoisotopic (exact) mass is 352 g/mol. The van der Waals surface area contributed by atoms with Crippen LogP contribution < -0.4 is 10.6 Å². The molecule has 2 N–H and O–H groups in total. The molecule has 0 radical (unpaired) electrons. The summed E-state index contributed by atoms with van der Waals surface area (Å²) in [6.07, 6.45) is 0. The van der Waals surface area contributed by atoms with Crippen molar-refractivity contribution in [3.8, 4) is 0 Å². The van der Waals surface area contributed by atoms with Crippen LogP contribution in [0.1, 0.15) is 18.5 Å². The van der Waals surface area contributed by atoms with Crippen molar-refractivity contribution in [3.63, 3.8) is 0 Å². The van der Waals surface area contributed by atoms with Gasteiger partial charge in [0.2, 0.25) is 0 Å². The van der Waals surface area contributed by atoms with Crippen LogP contribution in [-0.2, 0) is 0 Å². The maximum Gasteiger partial charge on any atom is 0.0679 e. The van der Waals surface area contributed by atoms with Gasteiger partial charge in [-0.15, -0.1) is 0 Å². The summed E-state index contributed by atoms with van der Waals surface area (Å²) in [6.45, 7) is 3.52. The summed E-state index contributed by atoms with van der Waals surface area (Å²) in [6, 6.07) is 16.3. The normalized spacial score (nSPS) is 12.2. The Morgan fingerprint density at radius 1 is 1.20 bits per heavy atom. The number of hydrogen-bond donors (Lipinski definition) is 1. The van der Waals surface area contributed by atoms with Gasteiger partial charge in [0.15, 0.2) is 0 Å². The van der Waals surface area contributed by atoms with E-state index in [-0.39, 0.29) is 6.04 Å². The first-order valence-corrected chi connectivity index (χ1v) is 7.81. The van der Waals surface area contributed by atoms with Gasteiger partial charge in [0, 0.05) is 28.3 Å². The molecule has 0 saturated heterocycles. The first kappa shape index (κ1) is 15.4. The number of likely N-dealkylation sites (N-methyl/N-ethyl adjacent to an activating group) is 1. The highest BCUT2D eigenvalue weighted by Gasteiger charge is 2.20. The highest BCUT2D eigenvalue weighted by Crippen LogP contribution is 2.32. The predicted molar refractivity (Wildman–Crippen MR) is 90.4 cm³/mol. The molecule has 0 heterocycles. The summed E-state index contributed by atoms with van der Waals surface area (Å²) >= 11 is 9.82. The van der Waals surface area contributed by atoms with E-state index in [1.54, 1.807) is 0 Å². The first-order valence-electron chi connectivity index (χ1n) is 6.64. The highest BCUT2D eigenvalue weighted by molar-refractivity contribution is 9.10. The molecule has 0 aliphatic rings. The van der Waals surface area contributed by atoms with Crippen molar-refractivity contribution in [2.24, 2.45) is 5.73 Å². The Hall–Kier alpha value is -1.03. The first-order chi connectivity index (χ1) is 9.67. The van der Waals surface area contributed by atoms with Crippen LogP contribution >= 0.6 is 27.5 Å². The van der Waals surface area contributed by atoms with Crippen LogP contribution in [0.2, 0.25) is 5.02 Å². The molecule has 0 saturated carbocycles. The summed E-state index contributed by atoms with van der Waals surface area (Å²) in [5.41, 5.74) is 8.23. The Morgan fingerprint density at radius 3 is 2.45 bits per heavy atom. The van der Waals surface area contributed by atoms with E-state index in [0.29, 0.717) is 6.54 Å². The van der Waals surface area contributed by atoms with E-state index in [2.05, 4.69) is 39.9 Å². The van der Waals surface area contributed by atoms with E-state index >= 15 is 0 Å². The fourth-order valence-corrected chi connectivity index (χ4v) is 3.20. The van der Waals surface area contributed by atoms with Crippen molar-refractivity contribution >= 4 is 33.2 Å². The van der Waals surface area contributed by atoms with Crippen molar-refractivity contribution in [2.45, 2.75) is 13.0 Å². The minimum absolute atomic E-state index is 0.0722. The molecule has 2 aromatic carbocycles. The molecule has 0 fully saturated rings. The third-order valence-electron chi connectivity index (χ3n) is 3.35. The summed E-state index contributed by atoms with van der Waals surface area (Å²) in [5.74, 6) is 0. The minimum atomic E-state index is 0.0722. The Bertz CT molecular complexity index is 560. The summed E-state index contributed by atoms with van der Waals surface area (Å²) in [5, 5.41) is 0.740. The molecule has 1 atom stereocenters. The van der Waals surface area contributed by atoms with E-state index in [0.717, 1.165) is 27.3 Å². The third-order valence-corrected chi connectivity index (χ3v) is 4.17. The van der Waals surface area contributed by atoms with Gasteiger partial charge in [-0.1, -0.05) is 51.8 Å². The number of rotatable bonds is 5. The van der Waals surface area contributed by atoms with E-state index in [1.807, 2.05) is 36.4 Å². The smallest absolute Gasteiger partial charge is 0.0679 e. The molecule has 106 valence electrons. The van der Waals surface area contributed by atoms with Gasteiger partial charge >= 0.3 is 0 Å². The lowest BCUT2D eigenvalue weighted by atomic mass is 10.0. The number of para-hydroxylation sites is 1. The molecule has 2 rings (SSSR count). The van der Waals surface area contributed by atoms with E-state index in [4.69, 9.17) is 17.3 Å². The van der Waals surface area contributed by atoms with Gasteiger partial charge in [0.05, 0.1) is 6.04 Å². The van der Waals surface area contributed by atoms with Gasteiger partial charge in [-0.2, -0.15) is 0 Å². The highest BCUT2D eigenvalue weighted by atomic mass is 79.9. The van der Waals surface area contributed by atoms with Gasteiger partial charge in [0.1, 0.15) is 0 Å². The zero-order valence-corrected chi connectivity index (χ0v) is 13.7. The third kappa shape index (κ3) is 3.35. The quantitative estimate of drug-likeness (QED) is 0.849. The van der Waals surface area contributed by atoms with Crippen molar-refractivity contribution < 1.29 is 0 Å². The number of nitrogens with zero attached hydrogens (tertiary/aromatic N) is 1. The number of nitrogens with two attached hydrogens (primary N) is 1. The van der Waals surface area contributed by atoms with Crippen molar-refractivity contribution in [1.29, 1.82) is 0 Å². The predicted octanol–water partition coefficient (Wildman–Crippen LogP) is 4.63. The van der Waals surface area contributed by atoms with Gasteiger partial charge < -0.3 is 10.6 Å².